The Hall–Kier alpha value is -10.2. The first-order valence-electron chi connectivity index (χ1n) is 46.6. The summed E-state index contributed by atoms with van der Waals surface area (Å²) in [6.45, 7) is 16.7. The molecule has 2 heterocycles. The Morgan fingerprint density at radius 1 is 0.473 bits per heavy atom. The summed E-state index contributed by atoms with van der Waals surface area (Å²) in [4.78, 5) is 182. The van der Waals surface area contributed by atoms with Crippen molar-refractivity contribution in [3.8, 4) is 0 Å². The highest BCUT2D eigenvalue weighted by Gasteiger charge is 2.44. The normalized spacial score (nSPS) is 21.4. The van der Waals surface area contributed by atoms with E-state index in [-0.39, 0.29) is 155 Å². The van der Waals surface area contributed by atoms with E-state index in [1.807, 2.05) is 78.9 Å². The standard InChI is InChI=1S/C97H141N11O21/c1-95(2,3)127-85(113)48-47-79(93(120)129-97(7,8)9)106-94(121)105-78(92(119)128-96(4,5)6)26-16-17-50-100-90(117)80(58-65-29-30-66-23-14-15-24-69(66)57-65)104-88(115)67-31-35-71(36-32-67)102-81(109)27-19-53-122-73-39-43-75(44-40-73)124-55-51-99-83(111)61-108(62-86(114)126-63-64-21-12-11-13-22-64)91(118)68-33-37-72(38-34-68)103-82(110)28-20-54-123-74-41-45-76(46-42-74)125-56-52-101-89(116)77-59-84(112)107(10)87(77)70-25-18-49-98-60-70/h11-15,18,21-25,29-30,49,57,60,67-68,71-80,87H,16-17,19-20,26-28,31-48,50-56,58-59,61-63H2,1-10H3,(H,99,111)(H,100,117)(H,101,116)(H,102,109)(H,103,110)(H,104,115)(H2,105,106,121)/t67?,68?,71?,72?,73?,74?,75?,76?,77-,78-,79-,80-,87+/m0/s1. The number of likely N-dealkylation sites (tertiary alicyclic amines) is 1. The van der Waals surface area contributed by atoms with Gasteiger partial charge < -0.3 is 90.2 Å². The van der Waals surface area contributed by atoms with Gasteiger partial charge in [-0.2, -0.15) is 0 Å². The number of pyridine rings is 1. The van der Waals surface area contributed by atoms with Crippen LogP contribution >= 0.6 is 0 Å². The molecule has 10 amide bonds. The van der Waals surface area contributed by atoms with Crippen LogP contribution in [-0.2, 0) is 108 Å². The van der Waals surface area contributed by atoms with Crippen molar-refractivity contribution in [1.29, 1.82) is 0 Å². The van der Waals surface area contributed by atoms with Gasteiger partial charge in [0.25, 0.3) is 0 Å². The van der Waals surface area contributed by atoms with E-state index < -0.39 is 95.0 Å². The van der Waals surface area contributed by atoms with Crippen LogP contribution in [-0.4, -0.2) is 230 Å². The maximum atomic E-state index is 14.2. The van der Waals surface area contributed by atoms with Crippen molar-refractivity contribution in [3.63, 3.8) is 0 Å². The molecule has 32 heteroatoms. The van der Waals surface area contributed by atoms with Crippen molar-refractivity contribution >= 4 is 87.9 Å². The molecule has 0 spiro atoms. The fourth-order valence-electron chi connectivity index (χ4n) is 17.1. The van der Waals surface area contributed by atoms with E-state index >= 15 is 0 Å². The molecular weight excluding hydrogens is 1660 g/mol. The second-order valence-electron chi connectivity index (χ2n) is 37.9. The maximum absolute atomic E-state index is 14.2. The minimum Gasteiger partial charge on any atom is -0.460 e. The third kappa shape index (κ3) is 36.9. The smallest absolute Gasteiger partial charge is 0.329 e. The lowest BCUT2D eigenvalue weighted by molar-refractivity contribution is -0.159. The van der Waals surface area contributed by atoms with Crippen LogP contribution in [0.1, 0.15) is 252 Å². The number of carbonyl (C=O) groups excluding carboxylic acids is 13. The van der Waals surface area contributed by atoms with Crippen LogP contribution < -0.4 is 42.5 Å². The van der Waals surface area contributed by atoms with Crippen molar-refractivity contribution in [2.24, 2.45) is 17.8 Å². The molecule has 4 aromatic rings. The molecule has 1 saturated heterocycles. The molecule has 5 fully saturated rings. The van der Waals surface area contributed by atoms with E-state index in [1.165, 1.54) is 4.90 Å². The Labute approximate surface area is 759 Å². The van der Waals surface area contributed by atoms with Crippen LogP contribution in [0.15, 0.2) is 97.3 Å². The average molecular weight is 1800 g/mol. The number of ether oxygens (including phenoxy) is 8. The zero-order chi connectivity index (χ0) is 93.1. The minimum atomic E-state index is -1.26. The molecular formula is C97H141N11O21. The van der Waals surface area contributed by atoms with E-state index in [2.05, 4.69) is 47.5 Å². The number of nitrogens with zero attached hydrogens (tertiary/aromatic N) is 3. The number of fused-ring (bicyclic) bond motifs is 1. The summed E-state index contributed by atoms with van der Waals surface area (Å²) in [5, 5.41) is 25.4. The number of unbranched alkanes of at least 4 members (excludes halogenated alkanes) is 1. The summed E-state index contributed by atoms with van der Waals surface area (Å²) < 4.78 is 46.9. The van der Waals surface area contributed by atoms with Crippen LogP contribution in [0.5, 0.6) is 0 Å². The van der Waals surface area contributed by atoms with Gasteiger partial charge in [0.05, 0.1) is 49.6 Å². The van der Waals surface area contributed by atoms with E-state index in [4.69, 9.17) is 37.9 Å². The number of urea groups is 1. The molecule has 4 aliphatic carbocycles. The molecule has 1 aromatic heterocycles. The number of hydrogen-bond donors (Lipinski definition) is 8. The maximum Gasteiger partial charge on any atom is 0.329 e. The van der Waals surface area contributed by atoms with Crippen LogP contribution in [0.25, 0.3) is 10.8 Å². The highest BCUT2D eigenvalue weighted by molar-refractivity contribution is 5.92. The van der Waals surface area contributed by atoms with Gasteiger partial charge in [0.2, 0.25) is 47.3 Å². The summed E-state index contributed by atoms with van der Waals surface area (Å²) in [6, 6.07) is 21.8. The highest BCUT2D eigenvalue weighted by Crippen LogP contribution is 2.37. The molecule has 0 unspecified atom stereocenters. The van der Waals surface area contributed by atoms with Crippen LogP contribution in [0.3, 0.4) is 0 Å². The Bertz CT molecular complexity index is 4300. The van der Waals surface area contributed by atoms with Gasteiger partial charge in [-0.15, -0.1) is 0 Å². The van der Waals surface area contributed by atoms with Crippen LogP contribution in [0.4, 0.5) is 4.79 Å². The van der Waals surface area contributed by atoms with Crippen LogP contribution in [0, 0.1) is 17.8 Å². The number of rotatable bonds is 46. The summed E-state index contributed by atoms with van der Waals surface area (Å²) in [5.41, 5.74) is -0.128. The number of esters is 4. The Morgan fingerprint density at radius 2 is 1.00 bits per heavy atom. The van der Waals surface area contributed by atoms with Crippen LogP contribution in [0.2, 0.25) is 0 Å². The van der Waals surface area contributed by atoms with E-state index in [9.17, 15) is 62.3 Å². The van der Waals surface area contributed by atoms with Gasteiger partial charge in [-0.25, -0.2) is 14.4 Å². The Balaban J connectivity index is 0.625. The second-order valence-corrected chi connectivity index (χ2v) is 37.9. The first kappa shape index (κ1) is 103. The van der Waals surface area contributed by atoms with Crippen molar-refractivity contribution < 1.29 is 100 Å². The molecule has 1 aliphatic heterocycles. The third-order valence-electron chi connectivity index (χ3n) is 23.8. The molecule has 3 aromatic carbocycles. The minimum absolute atomic E-state index is 0.00646. The molecule has 9 rings (SSSR count). The van der Waals surface area contributed by atoms with E-state index in [1.54, 1.807) is 92.7 Å². The highest BCUT2D eigenvalue weighted by atomic mass is 16.6. The molecule has 8 N–H and O–H groups in total. The second kappa shape index (κ2) is 51.4. The zero-order valence-electron chi connectivity index (χ0n) is 77.3. The predicted molar refractivity (Wildman–Crippen MR) is 481 cm³/mol. The Morgan fingerprint density at radius 3 is 1.55 bits per heavy atom. The SMILES string of the molecule is CN1C(=O)C[C@H](C(=O)NCCOC2CCC(OCCCC(=O)NC3CCC(C(=O)N(CC(=O)NCCOC4CCC(OCCCC(=O)NC5CCC(C(=O)N[C@@H](Cc6ccc7ccccc7c6)C(=O)NCCCC[C@H](NC(=O)N[C@@H](CCC(=O)OC(C)(C)C)C(=O)OC(C)(C)C)C(=O)OC(C)(C)C)CC5)CC4)CC(=O)OCc4ccccc4)CC3)CC2)[C@H]1c1cccnc1. The lowest BCUT2D eigenvalue weighted by Crippen LogP contribution is -2.53. The molecule has 32 nitrogen and oxygen atoms in total. The average Bonchev–Trinajstić information content (AvgIpc) is 1.65. The molecule has 710 valence electrons. The summed E-state index contributed by atoms with van der Waals surface area (Å²) >= 11 is 0. The van der Waals surface area contributed by atoms with Crippen molar-refractivity contribution in [1.82, 2.24) is 57.3 Å². The quantitative estimate of drug-likeness (QED) is 0.0116. The molecule has 4 saturated carbocycles. The number of amides is 10. The van der Waals surface area contributed by atoms with E-state index in [0.29, 0.717) is 110 Å². The number of aromatic nitrogens is 1. The molecule has 5 aliphatic rings. The van der Waals surface area contributed by atoms with Crippen molar-refractivity contribution in [3.05, 3.63) is 114 Å². The predicted octanol–water partition coefficient (Wildman–Crippen LogP) is 10.0. The van der Waals surface area contributed by atoms with Gasteiger partial charge in [0.15, 0.2) is 0 Å². The topological polar surface area (TPSA) is 411 Å². The summed E-state index contributed by atoms with van der Waals surface area (Å²) in [6.07, 6.45) is 16.5. The summed E-state index contributed by atoms with van der Waals surface area (Å²) in [5.74, 6) is -5.90. The number of benzene rings is 3. The summed E-state index contributed by atoms with van der Waals surface area (Å²) in [7, 11) is 1.72. The molecule has 0 bridgehead atoms. The van der Waals surface area contributed by atoms with Gasteiger partial charge in [-0.1, -0.05) is 78.9 Å². The molecule has 0 radical (unpaired) electrons. The first-order chi connectivity index (χ1) is 61.5. The Kier molecular flexibility index (Phi) is 40.9. The van der Waals surface area contributed by atoms with E-state index in [0.717, 1.165) is 78.8 Å². The van der Waals surface area contributed by atoms with Gasteiger partial charge in [0, 0.05) is 108 Å². The molecule has 129 heavy (non-hydrogen) atoms. The first-order valence-corrected chi connectivity index (χ1v) is 46.6. The van der Waals surface area contributed by atoms with Crippen molar-refractivity contribution in [2.75, 3.05) is 66.2 Å². The van der Waals surface area contributed by atoms with Gasteiger partial charge in [-0.3, -0.25) is 52.9 Å². The fourth-order valence-corrected chi connectivity index (χ4v) is 17.1. The van der Waals surface area contributed by atoms with Gasteiger partial charge in [-0.05, 0) is 237 Å². The lowest BCUT2D eigenvalue weighted by Gasteiger charge is -2.32. The zero-order valence-corrected chi connectivity index (χ0v) is 77.3. The lowest BCUT2D eigenvalue weighted by atomic mass is 9.85. The monoisotopic (exact) mass is 1800 g/mol. The number of carbonyl (C=O) groups is 13. The number of nitrogens with one attached hydrogen (secondary N) is 8. The van der Waals surface area contributed by atoms with Gasteiger partial charge >= 0.3 is 29.9 Å². The van der Waals surface area contributed by atoms with Crippen molar-refractivity contribution in [2.45, 2.75) is 320 Å². The largest absolute Gasteiger partial charge is 0.460 e. The van der Waals surface area contributed by atoms with Gasteiger partial charge in [0.1, 0.15) is 54.6 Å². The third-order valence-corrected chi connectivity index (χ3v) is 23.8. The fraction of sp³-hybridized carbons (Fsp3) is 0.649. The number of hydrogen-bond acceptors (Lipinski definition) is 22. The molecule has 5 atom stereocenters.